The van der Waals surface area contributed by atoms with Gasteiger partial charge in [-0.2, -0.15) is 5.10 Å². The molecule has 3 aromatic rings. The smallest absolute Gasteiger partial charge is 0.260 e. The van der Waals surface area contributed by atoms with Crippen LogP contribution >= 0.6 is 23.2 Å². The summed E-state index contributed by atoms with van der Waals surface area (Å²) in [5, 5.41) is 4.65. The van der Waals surface area contributed by atoms with Crippen LogP contribution in [0.1, 0.15) is 5.76 Å². The van der Waals surface area contributed by atoms with E-state index in [-0.39, 0.29) is 5.69 Å². The number of sulfonamides is 1. The van der Waals surface area contributed by atoms with Gasteiger partial charge in [0, 0.05) is 10.6 Å². The topological polar surface area (TPSA) is 92.0 Å². The molecule has 162 valence electrons. The quantitative estimate of drug-likeness (QED) is 0.400. The van der Waals surface area contributed by atoms with E-state index >= 15 is 0 Å². The number of hydrogen-bond acceptors (Lipinski definition) is 5. The molecule has 0 atom stereocenters. The Morgan fingerprint density at radius 2 is 1.94 bits per heavy atom. The molecule has 0 bridgehead atoms. The van der Waals surface area contributed by atoms with E-state index in [4.69, 9.17) is 27.6 Å². The number of rotatable bonds is 7. The van der Waals surface area contributed by atoms with Crippen molar-refractivity contribution in [2.45, 2.75) is 0 Å². The van der Waals surface area contributed by atoms with Crippen molar-refractivity contribution in [3.63, 3.8) is 0 Å². The Bertz CT molecular complexity index is 1240. The van der Waals surface area contributed by atoms with E-state index in [1.54, 1.807) is 30.3 Å². The van der Waals surface area contributed by atoms with Gasteiger partial charge in [0.25, 0.3) is 5.91 Å². The third-order valence-corrected chi connectivity index (χ3v) is 5.69. The van der Waals surface area contributed by atoms with E-state index in [2.05, 4.69) is 10.5 Å². The van der Waals surface area contributed by atoms with Crippen molar-refractivity contribution in [2.24, 2.45) is 5.10 Å². The number of halogens is 3. The fourth-order valence-electron chi connectivity index (χ4n) is 2.63. The van der Waals surface area contributed by atoms with Crippen LogP contribution in [-0.4, -0.2) is 33.3 Å². The number of nitrogens with zero attached hydrogens (tertiary/aromatic N) is 2. The average Bonchev–Trinajstić information content (AvgIpc) is 3.14. The van der Waals surface area contributed by atoms with Gasteiger partial charge in [-0.3, -0.25) is 9.10 Å². The van der Waals surface area contributed by atoms with Gasteiger partial charge in [0.1, 0.15) is 23.9 Å². The van der Waals surface area contributed by atoms with Gasteiger partial charge in [-0.25, -0.2) is 18.2 Å². The van der Waals surface area contributed by atoms with Gasteiger partial charge >= 0.3 is 0 Å². The molecule has 0 aliphatic carbocycles. The Labute approximate surface area is 188 Å². The second kappa shape index (κ2) is 9.51. The lowest BCUT2D eigenvalue weighted by atomic mass is 10.2. The van der Waals surface area contributed by atoms with Crippen LogP contribution in [0.25, 0.3) is 11.3 Å². The zero-order valence-electron chi connectivity index (χ0n) is 16.1. The van der Waals surface area contributed by atoms with Crippen LogP contribution in [0.2, 0.25) is 10.0 Å². The van der Waals surface area contributed by atoms with Crippen LogP contribution in [0.5, 0.6) is 0 Å². The molecular formula is C20H16Cl2FN3O4S. The first-order valence-electron chi connectivity index (χ1n) is 8.74. The largest absolute Gasteiger partial charge is 0.455 e. The highest BCUT2D eigenvalue weighted by Crippen LogP contribution is 2.31. The minimum absolute atomic E-state index is 0.236. The summed E-state index contributed by atoms with van der Waals surface area (Å²) in [5.74, 6) is -0.752. The first-order valence-corrected chi connectivity index (χ1v) is 11.3. The van der Waals surface area contributed by atoms with Crippen molar-refractivity contribution < 1.29 is 22.0 Å². The molecule has 0 aliphatic rings. The maximum absolute atomic E-state index is 14.0. The van der Waals surface area contributed by atoms with Crippen molar-refractivity contribution in [1.82, 2.24) is 5.43 Å². The van der Waals surface area contributed by atoms with Gasteiger partial charge in [0.2, 0.25) is 10.0 Å². The third kappa shape index (κ3) is 5.84. The van der Waals surface area contributed by atoms with E-state index in [9.17, 15) is 17.6 Å². The lowest BCUT2D eigenvalue weighted by Crippen LogP contribution is -2.39. The summed E-state index contributed by atoms with van der Waals surface area (Å²) >= 11 is 12.0. The lowest BCUT2D eigenvalue weighted by Gasteiger charge is -2.21. The molecule has 1 aromatic heterocycles. The highest BCUT2D eigenvalue weighted by Gasteiger charge is 2.23. The molecule has 31 heavy (non-hydrogen) atoms. The normalized spacial score (nSPS) is 11.6. The van der Waals surface area contributed by atoms with Gasteiger partial charge in [-0.1, -0.05) is 35.3 Å². The molecule has 0 unspecified atom stereocenters. The summed E-state index contributed by atoms with van der Waals surface area (Å²) in [7, 11) is -3.91. The first-order chi connectivity index (χ1) is 14.6. The summed E-state index contributed by atoms with van der Waals surface area (Å²) in [5.41, 5.74) is 2.58. The maximum Gasteiger partial charge on any atom is 0.260 e. The van der Waals surface area contributed by atoms with Gasteiger partial charge < -0.3 is 4.42 Å². The number of benzene rings is 2. The van der Waals surface area contributed by atoms with Gasteiger partial charge in [-0.15, -0.1) is 0 Å². The Balaban J connectivity index is 1.67. The highest BCUT2D eigenvalue weighted by molar-refractivity contribution is 7.92. The van der Waals surface area contributed by atoms with Crippen LogP contribution in [-0.2, 0) is 14.8 Å². The molecule has 0 saturated heterocycles. The van der Waals surface area contributed by atoms with Crippen molar-refractivity contribution in [3.05, 3.63) is 76.2 Å². The molecule has 0 spiro atoms. The second-order valence-corrected chi connectivity index (χ2v) is 9.09. The van der Waals surface area contributed by atoms with Crippen LogP contribution in [0.3, 0.4) is 0 Å². The van der Waals surface area contributed by atoms with Crippen LogP contribution in [0, 0.1) is 5.82 Å². The first kappa shape index (κ1) is 22.8. The SMILES string of the molecule is CS(=O)(=O)N(CC(=O)N/N=C\c1ccc(-c2ccc(Cl)cc2Cl)o1)c1ccccc1F. The average molecular weight is 484 g/mol. The molecule has 1 heterocycles. The predicted octanol–water partition coefficient (Wildman–Crippen LogP) is 4.31. The molecule has 0 saturated carbocycles. The van der Waals surface area contributed by atoms with Crippen LogP contribution in [0.15, 0.2) is 64.1 Å². The molecule has 2 aromatic carbocycles. The number of furan rings is 1. The van der Waals surface area contributed by atoms with E-state index in [1.165, 1.54) is 24.4 Å². The van der Waals surface area contributed by atoms with Gasteiger partial charge in [0.05, 0.1) is 23.2 Å². The summed E-state index contributed by atoms with van der Waals surface area (Å²) in [6.45, 7) is -0.652. The fraction of sp³-hybridized carbons (Fsp3) is 0.100. The fourth-order valence-corrected chi connectivity index (χ4v) is 3.98. The second-order valence-electron chi connectivity index (χ2n) is 6.34. The minimum atomic E-state index is -3.91. The standard InChI is InChI=1S/C20H16Cl2FN3O4S/c1-31(28,29)26(18-5-3-2-4-17(18)23)12-20(27)25-24-11-14-7-9-19(30-14)15-8-6-13(21)10-16(15)22/h2-11H,12H2,1H3,(H,25,27)/b24-11-. The number of carbonyl (C=O) groups is 1. The molecule has 0 aliphatic heterocycles. The molecule has 0 fully saturated rings. The number of para-hydroxylation sites is 1. The van der Waals surface area contributed by atoms with Crippen LogP contribution < -0.4 is 9.73 Å². The highest BCUT2D eigenvalue weighted by atomic mass is 35.5. The lowest BCUT2D eigenvalue weighted by molar-refractivity contribution is -0.119. The van der Waals surface area contributed by atoms with E-state index < -0.39 is 28.3 Å². The van der Waals surface area contributed by atoms with E-state index in [1.807, 2.05) is 0 Å². The number of hydrogen-bond donors (Lipinski definition) is 1. The Morgan fingerprint density at radius 1 is 1.19 bits per heavy atom. The summed E-state index contributed by atoms with van der Waals surface area (Å²) in [4.78, 5) is 12.2. The Hall–Kier alpha value is -2.88. The summed E-state index contributed by atoms with van der Waals surface area (Å²) < 4.78 is 44.3. The number of carbonyl (C=O) groups excluding carboxylic acids is 1. The third-order valence-electron chi connectivity index (χ3n) is 4.01. The van der Waals surface area contributed by atoms with Gasteiger partial charge in [0.15, 0.2) is 0 Å². The summed E-state index contributed by atoms with van der Waals surface area (Å²) in [6.07, 6.45) is 2.11. The van der Waals surface area contributed by atoms with E-state index in [0.717, 1.165) is 12.3 Å². The Kier molecular flexibility index (Phi) is 6.99. The Morgan fingerprint density at radius 3 is 2.61 bits per heavy atom. The number of nitrogens with one attached hydrogen (secondary N) is 1. The van der Waals surface area contributed by atoms with Crippen molar-refractivity contribution in [3.8, 4) is 11.3 Å². The molecule has 11 heteroatoms. The molecule has 7 nitrogen and oxygen atoms in total. The molecule has 1 amide bonds. The molecule has 3 rings (SSSR count). The molecule has 0 radical (unpaired) electrons. The van der Waals surface area contributed by atoms with Gasteiger partial charge in [-0.05, 0) is 42.5 Å². The van der Waals surface area contributed by atoms with Crippen LogP contribution in [0.4, 0.5) is 10.1 Å². The number of anilines is 1. The monoisotopic (exact) mass is 483 g/mol. The van der Waals surface area contributed by atoms with Crippen molar-refractivity contribution in [2.75, 3.05) is 17.1 Å². The number of hydrazone groups is 1. The zero-order valence-corrected chi connectivity index (χ0v) is 18.4. The molecule has 1 N–H and O–H groups in total. The van der Waals surface area contributed by atoms with Crippen molar-refractivity contribution in [1.29, 1.82) is 0 Å². The zero-order chi connectivity index (χ0) is 22.6. The maximum atomic E-state index is 14.0. The summed E-state index contributed by atoms with van der Waals surface area (Å²) in [6, 6.07) is 13.5. The predicted molar refractivity (Wildman–Crippen MR) is 118 cm³/mol. The minimum Gasteiger partial charge on any atom is -0.455 e. The molecular weight excluding hydrogens is 468 g/mol. The van der Waals surface area contributed by atoms with E-state index in [0.29, 0.717) is 31.4 Å². The van der Waals surface area contributed by atoms with Crippen molar-refractivity contribution >= 4 is 51.0 Å². The number of amides is 1.